The summed E-state index contributed by atoms with van der Waals surface area (Å²) in [5.74, 6) is -2.22. The lowest BCUT2D eigenvalue weighted by atomic mass is 9.65. The molecule has 2 amide bonds. The van der Waals surface area contributed by atoms with Gasteiger partial charge in [-0.15, -0.1) is 0 Å². The Morgan fingerprint density at radius 3 is 2.25 bits per heavy atom. The number of benzene rings is 5. The van der Waals surface area contributed by atoms with Crippen LogP contribution in [0.15, 0.2) is 133 Å². The fourth-order valence-corrected chi connectivity index (χ4v) is 9.44. The number of amides is 2. The van der Waals surface area contributed by atoms with Crippen molar-refractivity contribution in [3.05, 3.63) is 156 Å². The molecule has 3 aliphatic heterocycles. The van der Waals surface area contributed by atoms with Crippen LogP contribution in [0.5, 0.6) is 5.75 Å². The number of morpholine rings is 1. The largest absolute Gasteiger partial charge is 0.491 e. The highest BCUT2D eigenvalue weighted by Gasteiger charge is 2.74. The molecule has 9 rings (SSSR count). The van der Waals surface area contributed by atoms with Gasteiger partial charge in [0.25, 0.3) is 0 Å². The summed E-state index contributed by atoms with van der Waals surface area (Å²) in [6.07, 6.45) is -0.764. The Bertz CT molecular complexity index is 2300. The molecule has 6 aromatic rings. The Hall–Kier alpha value is -5.88. The summed E-state index contributed by atoms with van der Waals surface area (Å²) in [7, 11) is 0. The van der Waals surface area contributed by atoms with Crippen molar-refractivity contribution in [2.45, 2.75) is 29.6 Å². The van der Waals surface area contributed by atoms with Gasteiger partial charge in [0.1, 0.15) is 29.9 Å². The second kappa shape index (κ2) is 13.3. The molecule has 11 heteroatoms. The van der Waals surface area contributed by atoms with Crippen molar-refractivity contribution in [2.75, 3.05) is 23.8 Å². The van der Waals surface area contributed by atoms with E-state index in [2.05, 4.69) is 15.6 Å². The van der Waals surface area contributed by atoms with E-state index in [1.807, 2.05) is 126 Å². The zero-order valence-electron chi connectivity index (χ0n) is 28.3. The molecule has 5 aromatic carbocycles. The van der Waals surface area contributed by atoms with Crippen LogP contribution in [-0.2, 0) is 24.5 Å². The van der Waals surface area contributed by atoms with Gasteiger partial charge >= 0.3 is 5.97 Å². The van der Waals surface area contributed by atoms with Crippen LogP contribution < -0.4 is 15.4 Å². The van der Waals surface area contributed by atoms with Crippen LogP contribution in [0.2, 0.25) is 0 Å². The average molecular weight is 723 g/mol. The van der Waals surface area contributed by atoms with Gasteiger partial charge in [0.2, 0.25) is 11.8 Å². The van der Waals surface area contributed by atoms with E-state index in [0.717, 1.165) is 21.3 Å². The minimum atomic E-state index is -1.59. The van der Waals surface area contributed by atoms with Crippen molar-refractivity contribution in [3.8, 4) is 5.75 Å². The van der Waals surface area contributed by atoms with Gasteiger partial charge in [0.05, 0.1) is 34.8 Å². The molecule has 0 unspecified atom stereocenters. The minimum Gasteiger partial charge on any atom is -0.491 e. The van der Waals surface area contributed by atoms with Crippen molar-refractivity contribution in [2.24, 2.45) is 5.92 Å². The Labute approximate surface area is 309 Å². The SMILES string of the molecule is O=C1O[C@H](c2ccccc2)[C@H](c2ccccc2)N2[C@H]1[C@@H](C(=O)Nc1nc3ccccc3s1)[C@]1(C(=O)Nc3ccccc31)[C@H]2c1ccc(OCCO)cc1. The molecule has 10 nitrogen and oxygen atoms in total. The number of cyclic esters (lactones) is 1. The number of esters is 1. The number of para-hydroxylation sites is 2. The first-order valence-electron chi connectivity index (χ1n) is 17.5. The summed E-state index contributed by atoms with van der Waals surface area (Å²) in [5, 5.41) is 15.9. The normalized spacial score (nSPS) is 24.7. The van der Waals surface area contributed by atoms with E-state index in [9.17, 15) is 9.90 Å². The maximum atomic E-state index is 15.1. The second-order valence-electron chi connectivity index (χ2n) is 13.4. The van der Waals surface area contributed by atoms with Crippen LogP contribution in [0.1, 0.15) is 40.4 Å². The summed E-state index contributed by atoms with van der Waals surface area (Å²) < 4.78 is 13.1. The third-order valence-corrected chi connectivity index (χ3v) is 11.5. The molecule has 0 radical (unpaired) electrons. The second-order valence-corrected chi connectivity index (χ2v) is 14.4. The van der Waals surface area contributed by atoms with E-state index < -0.39 is 47.4 Å². The molecule has 4 heterocycles. The maximum absolute atomic E-state index is 15.1. The van der Waals surface area contributed by atoms with Gasteiger partial charge < -0.3 is 25.2 Å². The number of thiazole rings is 1. The maximum Gasteiger partial charge on any atom is 0.324 e. The standard InChI is InChI=1S/C42H34N4O6S/c47-23-24-51-28-21-19-27(20-22-28)37-42(29-15-7-8-16-30(29)43-40(42)50)33(38(48)45-41-44-31-17-9-10-18-32(31)53-41)35-39(49)52-36(26-13-5-2-6-14-26)34(46(35)37)25-11-3-1-4-12-25/h1-22,33-37,47H,23-24H2,(H,43,50)(H,44,45,48)/t33-,34-,35-,36+,37+,42-/m0/s1. The van der Waals surface area contributed by atoms with E-state index in [1.54, 1.807) is 12.1 Å². The first-order valence-corrected chi connectivity index (χ1v) is 18.3. The van der Waals surface area contributed by atoms with E-state index in [1.165, 1.54) is 11.3 Å². The summed E-state index contributed by atoms with van der Waals surface area (Å²) in [4.78, 5) is 51.8. The number of ether oxygens (including phenoxy) is 2. The molecule has 1 spiro atoms. The fourth-order valence-electron chi connectivity index (χ4n) is 8.57. The van der Waals surface area contributed by atoms with Crippen molar-refractivity contribution >= 4 is 50.2 Å². The topological polar surface area (TPSA) is 130 Å². The zero-order valence-corrected chi connectivity index (χ0v) is 29.1. The first kappa shape index (κ1) is 33.0. The summed E-state index contributed by atoms with van der Waals surface area (Å²) in [5.41, 5.74) is 2.68. The van der Waals surface area contributed by atoms with Gasteiger partial charge in [-0.05, 0) is 52.6 Å². The van der Waals surface area contributed by atoms with Crippen LogP contribution >= 0.6 is 11.3 Å². The number of nitrogens with zero attached hydrogens (tertiary/aromatic N) is 2. The highest BCUT2D eigenvalue weighted by molar-refractivity contribution is 7.22. The summed E-state index contributed by atoms with van der Waals surface area (Å²) in [6.45, 7) is -0.0293. The molecule has 264 valence electrons. The van der Waals surface area contributed by atoms with Gasteiger partial charge in [-0.1, -0.05) is 114 Å². The van der Waals surface area contributed by atoms with E-state index >= 15 is 9.59 Å². The van der Waals surface area contributed by atoms with Crippen LogP contribution in [0.3, 0.4) is 0 Å². The Balaban J connectivity index is 1.30. The van der Waals surface area contributed by atoms with E-state index in [4.69, 9.17) is 9.47 Å². The average Bonchev–Trinajstić information content (AvgIpc) is 3.84. The number of anilines is 2. The number of aliphatic hydroxyl groups is 1. The quantitative estimate of drug-likeness (QED) is 0.150. The number of aromatic nitrogens is 1. The van der Waals surface area contributed by atoms with Crippen molar-refractivity contribution < 1.29 is 29.0 Å². The highest BCUT2D eigenvalue weighted by Crippen LogP contribution is 2.64. The molecule has 1 aromatic heterocycles. The fraction of sp³-hybridized carbons (Fsp3) is 0.190. The third kappa shape index (κ3) is 5.30. The third-order valence-electron chi connectivity index (χ3n) is 10.6. The molecule has 0 aliphatic carbocycles. The number of hydrogen-bond donors (Lipinski definition) is 3. The van der Waals surface area contributed by atoms with E-state index in [0.29, 0.717) is 27.7 Å². The molecule has 53 heavy (non-hydrogen) atoms. The molecule has 2 fully saturated rings. The van der Waals surface area contributed by atoms with Gasteiger partial charge in [-0.25, -0.2) is 4.98 Å². The van der Waals surface area contributed by atoms with Gasteiger partial charge in [0.15, 0.2) is 5.13 Å². The van der Waals surface area contributed by atoms with Crippen LogP contribution in [0, 0.1) is 5.92 Å². The number of nitrogens with one attached hydrogen (secondary N) is 2. The molecular formula is C42H34N4O6S. The van der Waals surface area contributed by atoms with Crippen molar-refractivity contribution in [3.63, 3.8) is 0 Å². The van der Waals surface area contributed by atoms with Crippen molar-refractivity contribution in [1.82, 2.24) is 9.88 Å². The Morgan fingerprint density at radius 2 is 1.51 bits per heavy atom. The molecule has 3 N–H and O–H groups in total. The number of carbonyl (C=O) groups excluding carboxylic acids is 3. The molecule has 2 saturated heterocycles. The molecule has 0 saturated carbocycles. The summed E-state index contributed by atoms with van der Waals surface area (Å²) in [6, 6.07) is 39.0. The Kier molecular flexibility index (Phi) is 8.26. The smallest absolute Gasteiger partial charge is 0.324 e. The predicted octanol–water partition coefficient (Wildman–Crippen LogP) is 6.58. The first-order chi connectivity index (χ1) is 26.0. The number of hydrogen-bond acceptors (Lipinski definition) is 9. The van der Waals surface area contributed by atoms with Gasteiger partial charge in [0, 0.05) is 5.69 Å². The number of carbonyl (C=O) groups is 3. The molecule has 3 aliphatic rings. The summed E-state index contributed by atoms with van der Waals surface area (Å²) >= 11 is 1.33. The Morgan fingerprint density at radius 1 is 0.830 bits per heavy atom. The number of aliphatic hydroxyl groups excluding tert-OH is 1. The predicted molar refractivity (Wildman–Crippen MR) is 200 cm³/mol. The lowest BCUT2D eigenvalue weighted by molar-refractivity contribution is -0.177. The monoisotopic (exact) mass is 722 g/mol. The number of rotatable bonds is 8. The van der Waals surface area contributed by atoms with Crippen LogP contribution in [0.25, 0.3) is 10.2 Å². The highest BCUT2D eigenvalue weighted by atomic mass is 32.1. The van der Waals surface area contributed by atoms with Gasteiger partial charge in [-0.3, -0.25) is 19.3 Å². The lowest BCUT2D eigenvalue weighted by Crippen LogP contribution is -2.53. The van der Waals surface area contributed by atoms with E-state index in [-0.39, 0.29) is 19.1 Å². The minimum absolute atomic E-state index is 0.116. The molecule has 6 atom stereocenters. The van der Waals surface area contributed by atoms with Crippen LogP contribution in [-0.4, -0.2) is 52.0 Å². The molecular weight excluding hydrogens is 689 g/mol. The molecule has 0 bridgehead atoms. The zero-order chi connectivity index (χ0) is 36.1. The number of fused-ring (bicyclic) bond motifs is 4. The van der Waals surface area contributed by atoms with Crippen molar-refractivity contribution in [1.29, 1.82) is 0 Å². The lowest BCUT2D eigenvalue weighted by Gasteiger charge is -2.46. The van der Waals surface area contributed by atoms with Crippen LogP contribution in [0.4, 0.5) is 10.8 Å². The van der Waals surface area contributed by atoms with Gasteiger partial charge in [-0.2, -0.15) is 0 Å².